The van der Waals surface area contributed by atoms with E-state index in [2.05, 4.69) is 6.58 Å². The molecule has 0 fully saturated rings. The minimum Gasteiger partial charge on any atom is -0.482 e. The molecule has 1 aromatic carbocycles. The minimum atomic E-state index is -0.568. The van der Waals surface area contributed by atoms with Gasteiger partial charge in [0, 0.05) is 13.1 Å². The molecule has 1 aromatic rings. The Hall–Kier alpha value is -2.30. The maximum absolute atomic E-state index is 11.9. The second-order valence-electron chi connectivity index (χ2n) is 5.13. The van der Waals surface area contributed by atoms with Crippen LogP contribution in [0.1, 0.15) is 19.4 Å². The molecular weight excluding hydrogens is 282 g/mol. The van der Waals surface area contributed by atoms with Crippen molar-refractivity contribution in [3.05, 3.63) is 42.0 Å². The van der Waals surface area contributed by atoms with E-state index in [4.69, 9.17) is 9.47 Å². The summed E-state index contributed by atoms with van der Waals surface area (Å²) in [5.74, 6) is -0.212. The topological polar surface area (TPSA) is 55.8 Å². The third-order valence-corrected chi connectivity index (χ3v) is 2.90. The van der Waals surface area contributed by atoms with Crippen molar-refractivity contribution in [2.75, 3.05) is 26.3 Å². The largest absolute Gasteiger partial charge is 0.482 e. The fraction of sp³-hybridized carbons (Fsp3) is 0.412. The first-order chi connectivity index (χ1) is 10.4. The summed E-state index contributed by atoms with van der Waals surface area (Å²) in [6.45, 7) is 9.92. The van der Waals surface area contributed by atoms with Gasteiger partial charge in [-0.2, -0.15) is 0 Å². The maximum Gasteiger partial charge on any atom is 0.344 e. The van der Waals surface area contributed by atoms with Crippen LogP contribution in [0.2, 0.25) is 0 Å². The highest BCUT2D eigenvalue weighted by atomic mass is 16.6. The predicted octanol–water partition coefficient (Wildman–Crippen LogP) is 2.34. The summed E-state index contributed by atoms with van der Waals surface area (Å²) in [6.07, 6.45) is 0. The first kappa shape index (κ1) is 17.8. The fourth-order valence-corrected chi connectivity index (χ4v) is 1.82. The molecule has 0 spiro atoms. The molecule has 0 bridgehead atoms. The molecule has 120 valence electrons. The SMILES string of the molecule is C=C(C)CN(CC)C(=O)COC(=O)COc1cccc(C)c1. The average Bonchev–Trinajstić information content (AvgIpc) is 2.48. The van der Waals surface area contributed by atoms with E-state index in [1.807, 2.05) is 39.0 Å². The van der Waals surface area contributed by atoms with Crippen molar-refractivity contribution in [2.24, 2.45) is 0 Å². The molecule has 22 heavy (non-hydrogen) atoms. The van der Waals surface area contributed by atoms with Gasteiger partial charge in [-0.1, -0.05) is 24.3 Å². The van der Waals surface area contributed by atoms with E-state index in [1.165, 1.54) is 0 Å². The number of ether oxygens (including phenoxy) is 2. The second-order valence-corrected chi connectivity index (χ2v) is 5.13. The Morgan fingerprint density at radius 1 is 1.27 bits per heavy atom. The predicted molar refractivity (Wildman–Crippen MR) is 84.7 cm³/mol. The molecule has 0 unspecified atom stereocenters. The molecule has 1 rings (SSSR count). The van der Waals surface area contributed by atoms with Crippen LogP contribution < -0.4 is 4.74 Å². The number of carbonyl (C=O) groups is 2. The van der Waals surface area contributed by atoms with Crippen LogP contribution in [0, 0.1) is 6.92 Å². The molecule has 0 aliphatic carbocycles. The van der Waals surface area contributed by atoms with Gasteiger partial charge in [0.15, 0.2) is 13.2 Å². The van der Waals surface area contributed by atoms with E-state index < -0.39 is 5.97 Å². The smallest absolute Gasteiger partial charge is 0.344 e. The number of amides is 1. The van der Waals surface area contributed by atoms with Gasteiger partial charge in [0.25, 0.3) is 5.91 Å². The maximum atomic E-state index is 11.9. The molecule has 1 amide bonds. The summed E-state index contributed by atoms with van der Waals surface area (Å²) in [4.78, 5) is 25.1. The summed E-state index contributed by atoms with van der Waals surface area (Å²) in [5, 5.41) is 0. The van der Waals surface area contributed by atoms with Crippen LogP contribution in [-0.4, -0.2) is 43.1 Å². The third kappa shape index (κ3) is 6.43. The Labute approximate surface area is 131 Å². The number of carbonyl (C=O) groups excluding carboxylic acids is 2. The van der Waals surface area contributed by atoms with E-state index >= 15 is 0 Å². The van der Waals surface area contributed by atoms with E-state index in [0.717, 1.165) is 11.1 Å². The van der Waals surface area contributed by atoms with E-state index in [1.54, 1.807) is 11.0 Å². The van der Waals surface area contributed by atoms with Gasteiger partial charge in [-0.05, 0) is 38.5 Å². The first-order valence-electron chi connectivity index (χ1n) is 7.19. The van der Waals surface area contributed by atoms with E-state index in [9.17, 15) is 9.59 Å². The Morgan fingerprint density at radius 3 is 2.59 bits per heavy atom. The standard InChI is InChI=1S/C17H23NO4/c1-5-18(10-13(2)3)16(19)11-22-17(20)12-21-15-8-6-7-14(4)9-15/h6-9H,2,5,10-12H2,1,3-4H3. The minimum absolute atomic E-state index is 0.219. The van der Waals surface area contributed by atoms with Gasteiger partial charge in [0.1, 0.15) is 5.75 Å². The number of rotatable bonds is 8. The highest BCUT2D eigenvalue weighted by molar-refractivity contribution is 5.81. The number of hydrogen-bond acceptors (Lipinski definition) is 4. The molecule has 0 aromatic heterocycles. The molecule has 0 atom stereocenters. The number of benzene rings is 1. The number of esters is 1. The van der Waals surface area contributed by atoms with Crippen molar-refractivity contribution in [3.8, 4) is 5.75 Å². The van der Waals surface area contributed by atoms with Crippen LogP contribution in [-0.2, 0) is 14.3 Å². The zero-order valence-corrected chi connectivity index (χ0v) is 13.4. The lowest BCUT2D eigenvalue weighted by Gasteiger charge is -2.20. The molecule has 0 N–H and O–H groups in total. The zero-order valence-electron chi connectivity index (χ0n) is 13.4. The zero-order chi connectivity index (χ0) is 16.5. The number of likely N-dealkylation sites (N-methyl/N-ethyl adjacent to an activating group) is 1. The third-order valence-electron chi connectivity index (χ3n) is 2.90. The Bertz CT molecular complexity index is 539. The number of hydrogen-bond donors (Lipinski definition) is 0. The van der Waals surface area contributed by atoms with Crippen LogP contribution in [0.3, 0.4) is 0 Å². The van der Waals surface area contributed by atoms with Gasteiger partial charge in [0.05, 0.1) is 0 Å². The molecule has 0 aliphatic rings. The lowest BCUT2D eigenvalue weighted by molar-refractivity contribution is -0.153. The van der Waals surface area contributed by atoms with Crippen molar-refractivity contribution in [3.63, 3.8) is 0 Å². The highest BCUT2D eigenvalue weighted by Crippen LogP contribution is 2.12. The van der Waals surface area contributed by atoms with Gasteiger partial charge < -0.3 is 14.4 Å². The molecule has 0 saturated carbocycles. The van der Waals surface area contributed by atoms with Crippen molar-refractivity contribution in [1.29, 1.82) is 0 Å². The normalized spacial score (nSPS) is 9.95. The summed E-state index contributed by atoms with van der Waals surface area (Å²) in [6, 6.07) is 7.36. The molecule has 0 heterocycles. The molecule has 0 saturated heterocycles. The number of nitrogens with zero attached hydrogens (tertiary/aromatic N) is 1. The van der Waals surface area contributed by atoms with Gasteiger partial charge in [-0.3, -0.25) is 4.79 Å². The van der Waals surface area contributed by atoms with Crippen LogP contribution >= 0.6 is 0 Å². The molecule has 5 heteroatoms. The van der Waals surface area contributed by atoms with Crippen LogP contribution in [0.4, 0.5) is 0 Å². The summed E-state index contributed by atoms with van der Waals surface area (Å²) in [7, 11) is 0. The Balaban J connectivity index is 2.36. The fourth-order valence-electron chi connectivity index (χ4n) is 1.82. The molecule has 5 nitrogen and oxygen atoms in total. The van der Waals surface area contributed by atoms with Crippen molar-refractivity contribution in [1.82, 2.24) is 4.90 Å². The average molecular weight is 305 g/mol. The van der Waals surface area contributed by atoms with Crippen molar-refractivity contribution in [2.45, 2.75) is 20.8 Å². The lowest BCUT2D eigenvalue weighted by Crippen LogP contribution is -2.36. The molecule has 0 radical (unpaired) electrons. The molecule has 0 aliphatic heterocycles. The second kappa shape index (κ2) is 8.87. The van der Waals surface area contributed by atoms with Crippen LogP contribution in [0.5, 0.6) is 5.75 Å². The number of aryl methyl sites for hydroxylation is 1. The molecular formula is C17H23NO4. The first-order valence-corrected chi connectivity index (χ1v) is 7.19. The summed E-state index contributed by atoms with van der Waals surface area (Å²) in [5.41, 5.74) is 1.92. The van der Waals surface area contributed by atoms with E-state index in [0.29, 0.717) is 18.8 Å². The quantitative estimate of drug-likeness (QED) is 0.546. The van der Waals surface area contributed by atoms with Gasteiger partial charge in [0.2, 0.25) is 0 Å². The van der Waals surface area contributed by atoms with E-state index in [-0.39, 0.29) is 19.1 Å². The summed E-state index contributed by atoms with van der Waals surface area (Å²) < 4.78 is 10.3. The van der Waals surface area contributed by atoms with Crippen molar-refractivity contribution < 1.29 is 19.1 Å². The monoisotopic (exact) mass is 305 g/mol. The Morgan fingerprint density at radius 2 is 2.00 bits per heavy atom. The summed E-state index contributed by atoms with van der Waals surface area (Å²) >= 11 is 0. The van der Waals surface area contributed by atoms with Crippen LogP contribution in [0.25, 0.3) is 0 Å². The van der Waals surface area contributed by atoms with Gasteiger partial charge >= 0.3 is 5.97 Å². The van der Waals surface area contributed by atoms with Crippen molar-refractivity contribution >= 4 is 11.9 Å². The lowest BCUT2D eigenvalue weighted by atomic mass is 10.2. The highest BCUT2D eigenvalue weighted by Gasteiger charge is 2.14. The van der Waals surface area contributed by atoms with Gasteiger partial charge in [-0.15, -0.1) is 0 Å². The van der Waals surface area contributed by atoms with Crippen LogP contribution in [0.15, 0.2) is 36.4 Å². The Kier molecular flexibility index (Phi) is 7.16. The van der Waals surface area contributed by atoms with Gasteiger partial charge in [-0.25, -0.2) is 4.79 Å².